The van der Waals surface area contributed by atoms with Gasteiger partial charge in [0.2, 0.25) is 0 Å². The number of hydrogen-bond acceptors (Lipinski definition) is 2. The van der Waals surface area contributed by atoms with Gasteiger partial charge in [0.1, 0.15) is 0 Å². The van der Waals surface area contributed by atoms with Crippen LogP contribution in [0.15, 0.2) is 24.8 Å². The Bertz CT molecular complexity index is 703. The topological polar surface area (TPSA) is 38.9 Å². The molecule has 0 saturated carbocycles. The molecule has 0 saturated heterocycles. The van der Waals surface area contributed by atoms with E-state index in [2.05, 4.69) is 11.6 Å². The molecule has 0 aliphatic heterocycles. The zero-order chi connectivity index (χ0) is 17.0. The van der Waals surface area contributed by atoms with E-state index in [4.69, 9.17) is 5.73 Å². The lowest BCUT2D eigenvalue weighted by molar-refractivity contribution is 0.634. The van der Waals surface area contributed by atoms with Crippen LogP contribution in [0.2, 0.25) is 0 Å². The van der Waals surface area contributed by atoms with Gasteiger partial charge in [-0.15, -0.1) is 0 Å². The molecule has 118 valence electrons. The molecule has 2 N–H and O–H groups in total. The van der Waals surface area contributed by atoms with Crippen molar-refractivity contribution in [3.8, 4) is 11.3 Å². The first-order chi connectivity index (χ1) is 10.3. The van der Waals surface area contributed by atoms with Crippen molar-refractivity contribution in [3.05, 3.63) is 53.0 Å². The fraction of sp³-hybridized carbons (Fsp3) is 0.316. The number of allylic oxidation sites excluding steroid dienone is 1. The molecule has 0 unspecified atom stereocenters. The van der Waals surface area contributed by atoms with Crippen LogP contribution in [0, 0.1) is 26.6 Å². The Labute approximate surface area is 132 Å². The third kappa shape index (κ3) is 3.35. The summed E-state index contributed by atoms with van der Waals surface area (Å²) in [5, 5.41) is 0. The highest BCUT2D eigenvalue weighted by Gasteiger charge is 2.14. The van der Waals surface area contributed by atoms with Crippen LogP contribution in [0.25, 0.3) is 16.8 Å². The highest BCUT2D eigenvalue weighted by Crippen LogP contribution is 2.30. The number of aromatic nitrogens is 1. The molecule has 1 heterocycles. The number of nitrogens with two attached hydrogens (primary N) is 1. The molecule has 1 aromatic carbocycles. The second-order valence-electron chi connectivity index (χ2n) is 5.24. The van der Waals surface area contributed by atoms with Gasteiger partial charge in [0.05, 0.1) is 17.1 Å². The summed E-state index contributed by atoms with van der Waals surface area (Å²) in [6, 6.07) is 5.42. The molecule has 3 heteroatoms. The number of nitrogen functional groups attached to an aromatic ring is 1. The lowest BCUT2D eigenvalue weighted by atomic mass is 10.00. The summed E-state index contributed by atoms with van der Waals surface area (Å²) in [5.41, 5.74) is 11.5. The maximum Gasteiger partial charge on any atom is 0.155 e. The van der Waals surface area contributed by atoms with E-state index in [9.17, 15) is 4.39 Å². The Balaban J connectivity index is 0.00000116. The molecule has 0 fully saturated rings. The van der Waals surface area contributed by atoms with Gasteiger partial charge in [0, 0.05) is 5.56 Å². The Hall–Kier alpha value is -2.16. The van der Waals surface area contributed by atoms with Crippen LogP contribution in [0.4, 0.5) is 10.1 Å². The predicted octanol–water partition coefficient (Wildman–Crippen LogP) is 5.45. The average Bonchev–Trinajstić information content (AvgIpc) is 2.49. The van der Waals surface area contributed by atoms with Crippen LogP contribution in [-0.2, 0) is 0 Å². The Kier molecular flexibility index (Phi) is 5.86. The van der Waals surface area contributed by atoms with Gasteiger partial charge in [0.15, 0.2) is 5.82 Å². The van der Waals surface area contributed by atoms with Crippen LogP contribution >= 0.6 is 0 Å². The maximum absolute atomic E-state index is 14.3. The quantitative estimate of drug-likeness (QED) is 0.748. The number of nitrogens with zero attached hydrogens (tertiary/aromatic N) is 1. The van der Waals surface area contributed by atoms with Gasteiger partial charge in [-0.3, -0.25) is 0 Å². The molecule has 1 aromatic heterocycles. The van der Waals surface area contributed by atoms with Crippen molar-refractivity contribution in [3.63, 3.8) is 0 Å². The number of pyridine rings is 1. The Morgan fingerprint density at radius 1 is 1.14 bits per heavy atom. The molecule has 0 amide bonds. The Morgan fingerprint density at radius 2 is 1.73 bits per heavy atom. The number of aryl methyl sites for hydroxylation is 2. The van der Waals surface area contributed by atoms with Crippen LogP contribution < -0.4 is 5.73 Å². The minimum absolute atomic E-state index is 0.180. The molecule has 2 aromatic rings. The number of benzene rings is 1. The van der Waals surface area contributed by atoms with Crippen LogP contribution in [0.3, 0.4) is 0 Å². The molecule has 0 radical (unpaired) electrons. The number of halogens is 1. The zero-order valence-corrected chi connectivity index (χ0v) is 14.3. The second kappa shape index (κ2) is 7.21. The monoisotopic (exact) mass is 300 g/mol. The van der Waals surface area contributed by atoms with E-state index in [0.29, 0.717) is 11.3 Å². The molecule has 0 atom stereocenters. The van der Waals surface area contributed by atoms with E-state index in [1.165, 1.54) is 0 Å². The molecular formula is C19H25FN2. The van der Waals surface area contributed by atoms with Crippen molar-refractivity contribution in [2.45, 2.75) is 41.5 Å². The van der Waals surface area contributed by atoms with E-state index < -0.39 is 5.82 Å². The molecule has 2 nitrogen and oxygen atoms in total. The van der Waals surface area contributed by atoms with Crippen molar-refractivity contribution < 1.29 is 4.39 Å². The van der Waals surface area contributed by atoms with Gasteiger partial charge in [-0.2, -0.15) is 0 Å². The summed E-state index contributed by atoms with van der Waals surface area (Å²) in [6.45, 7) is 15.6. The molecule has 0 spiro atoms. The number of hydrogen-bond donors (Lipinski definition) is 1. The summed E-state index contributed by atoms with van der Waals surface area (Å²) in [4.78, 5) is 4.54. The molecule has 0 aliphatic carbocycles. The number of rotatable bonds is 2. The highest BCUT2D eigenvalue weighted by molar-refractivity contribution is 5.71. The molecule has 22 heavy (non-hydrogen) atoms. The highest BCUT2D eigenvalue weighted by atomic mass is 19.1. The first kappa shape index (κ1) is 17.9. The molecular weight excluding hydrogens is 275 g/mol. The van der Waals surface area contributed by atoms with Gasteiger partial charge in [-0.25, -0.2) is 9.37 Å². The Morgan fingerprint density at radius 3 is 2.27 bits per heavy atom. The van der Waals surface area contributed by atoms with Crippen molar-refractivity contribution >= 4 is 11.3 Å². The minimum atomic E-state index is -0.409. The predicted molar refractivity (Wildman–Crippen MR) is 94.3 cm³/mol. The van der Waals surface area contributed by atoms with E-state index >= 15 is 0 Å². The van der Waals surface area contributed by atoms with E-state index in [-0.39, 0.29) is 5.69 Å². The fourth-order valence-corrected chi connectivity index (χ4v) is 2.18. The minimum Gasteiger partial charge on any atom is -0.396 e. The van der Waals surface area contributed by atoms with Crippen molar-refractivity contribution in [1.29, 1.82) is 0 Å². The van der Waals surface area contributed by atoms with Crippen LogP contribution in [0.5, 0.6) is 0 Å². The smallest absolute Gasteiger partial charge is 0.155 e. The third-order valence-electron chi connectivity index (χ3n) is 3.61. The second-order valence-corrected chi connectivity index (χ2v) is 5.24. The molecule has 0 aliphatic rings. The van der Waals surface area contributed by atoms with Crippen molar-refractivity contribution in [2.24, 2.45) is 0 Å². The largest absolute Gasteiger partial charge is 0.396 e. The SMILES string of the molecule is C=C(C)c1nc(-c2ccc(C)c(N)c2F)cc(C)c1C.CC. The molecule has 0 bridgehead atoms. The average molecular weight is 300 g/mol. The lowest BCUT2D eigenvalue weighted by Gasteiger charge is -2.13. The number of anilines is 1. The summed E-state index contributed by atoms with van der Waals surface area (Å²) >= 11 is 0. The van der Waals surface area contributed by atoms with Gasteiger partial charge < -0.3 is 5.73 Å². The van der Waals surface area contributed by atoms with Gasteiger partial charge >= 0.3 is 0 Å². The third-order valence-corrected chi connectivity index (χ3v) is 3.61. The fourth-order valence-electron chi connectivity index (χ4n) is 2.18. The van der Waals surface area contributed by atoms with Gasteiger partial charge in [-0.1, -0.05) is 26.5 Å². The normalized spacial score (nSPS) is 9.95. The van der Waals surface area contributed by atoms with E-state index in [0.717, 1.165) is 28.0 Å². The first-order valence-corrected chi connectivity index (χ1v) is 7.52. The zero-order valence-electron chi connectivity index (χ0n) is 14.3. The maximum atomic E-state index is 14.3. The first-order valence-electron chi connectivity index (χ1n) is 7.52. The van der Waals surface area contributed by atoms with Gasteiger partial charge in [0.25, 0.3) is 0 Å². The van der Waals surface area contributed by atoms with E-state index in [1.807, 2.05) is 46.8 Å². The standard InChI is InChI=1S/C17H19FN2.C2H6/c1-9(2)17-12(5)11(4)8-14(20-17)13-7-6-10(3)16(19)15(13)18;1-2/h6-8H,1,19H2,2-5H3;1-2H3. The van der Waals surface area contributed by atoms with Crippen LogP contribution in [0.1, 0.15) is 43.2 Å². The van der Waals surface area contributed by atoms with Crippen molar-refractivity contribution in [1.82, 2.24) is 4.98 Å². The van der Waals surface area contributed by atoms with Crippen molar-refractivity contribution in [2.75, 3.05) is 5.73 Å². The summed E-state index contributed by atoms with van der Waals surface area (Å²) in [7, 11) is 0. The summed E-state index contributed by atoms with van der Waals surface area (Å²) in [5.74, 6) is -0.409. The summed E-state index contributed by atoms with van der Waals surface area (Å²) in [6.07, 6.45) is 0. The lowest BCUT2D eigenvalue weighted by Crippen LogP contribution is -2.01. The van der Waals surface area contributed by atoms with E-state index in [1.54, 1.807) is 13.0 Å². The van der Waals surface area contributed by atoms with Gasteiger partial charge in [-0.05, 0) is 62.1 Å². The summed E-state index contributed by atoms with van der Waals surface area (Å²) < 4.78 is 14.3. The van der Waals surface area contributed by atoms with Crippen LogP contribution in [-0.4, -0.2) is 4.98 Å². The molecule has 2 rings (SSSR count).